The van der Waals surface area contributed by atoms with E-state index in [4.69, 9.17) is 15.2 Å². The standard InChI is InChI=1S/C28H29N2O8S/c1-30(2)21-14-11-17-19(25(33)28(14,36)26(34)20(23(21)32)27(29)35)22(31)18-15(9-10-16(37-3)24(18)39-17)38-12-13-7-5-4-6-8-13/h4-10,14,17,21,32-33,36,39H,11-12H2,1-3H3,(H2,29,35). The molecule has 1 radical (unpaired) electrons. The summed E-state index contributed by atoms with van der Waals surface area (Å²) < 4.78 is 11.6. The minimum atomic E-state index is -2.63. The fourth-order valence-corrected chi connectivity index (χ4v) is 7.42. The van der Waals surface area contributed by atoms with Crippen LogP contribution in [0.5, 0.6) is 11.5 Å². The van der Waals surface area contributed by atoms with Crippen molar-refractivity contribution in [3.8, 4) is 11.5 Å². The van der Waals surface area contributed by atoms with Gasteiger partial charge in [0.05, 0.1) is 29.2 Å². The van der Waals surface area contributed by atoms with Crippen molar-refractivity contribution in [1.82, 2.24) is 4.90 Å². The summed E-state index contributed by atoms with van der Waals surface area (Å²) in [6.45, 7) is 0.180. The number of hydrogen-bond donors (Lipinski definition) is 5. The molecule has 0 saturated heterocycles. The molecule has 10 nitrogen and oxygen atoms in total. The molecule has 4 atom stereocenters. The molecular formula is C28H29N2O8S. The first-order valence-corrected chi connectivity index (χ1v) is 13.2. The number of ether oxygens (including phenoxy) is 2. The lowest BCUT2D eigenvalue weighted by molar-refractivity contribution is -0.147. The fourth-order valence-electron chi connectivity index (χ4n) is 5.78. The van der Waals surface area contributed by atoms with Crippen LogP contribution in [0.15, 0.2) is 70.0 Å². The highest BCUT2D eigenvalue weighted by Gasteiger charge is 2.63. The lowest BCUT2D eigenvalue weighted by Gasteiger charge is -2.50. The summed E-state index contributed by atoms with van der Waals surface area (Å²) in [5, 5.41) is 33.5. The maximum absolute atomic E-state index is 14.0. The third-order valence-electron chi connectivity index (χ3n) is 7.57. The summed E-state index contributed by atoms with van der Waals surface area (Å²) in [5.41, 5.74) is 2.85. The summed E-state index contributed by atoms with van der Waals surface area (Å²) in [4.78, 5) is 41.7. The van der Waals surface area contributed by atoms with Gasteiger partial charge >= 0.3 is 0 Å². The molecule has 1 heterocycles. The van der Waals surface area contributed by atoms with Crippen LogP contribution < -0.4 is 15.2 Å². The van der Waals surface area contributed by atoms with Gasteiger partial charge in [-0.3, -0.25) is 19.3 Å². The van der Waals surface area contributed by atoms with Gasteiger partial charge in [-0.2, -0.15) is 11.8 Å². The SMILES string of the molecule is COc1ccc(OCc2ccccc2)c2c1[SH]C1CC3C(N(C)C)C(O)=C(C(N)=O)C(=O)C3(O)C(O)=C1C2=O. The predicted octanol–water partition coefficient (Wildman–Crippen LogP) is 2.04. The van der Waals surface area contributed by atoms with Gasteiger partial charge in [0.25, 0.3) is 5.91 Å². The first kappa shape index (κ1) is 26.8. The number of nitrogens with zero attached hydrogens (tertiary/aromatic N) is 1. The molecule has 2 aromatic carbocycles. The summed E-state index contributed by atoms with van der Waals surface area (Å²) in [6.07, 6.45) is 0.0472. The Kier molecular flexibility index (Phi) is 6.69. The summed E-state index contributed by atoms with van der Waals surface area (Å²) in [6, 6.07) is 11.7. The van der Waals surface area contributed by atoms with Crippen molar-refractivity contribution >= 4 is 29.2 Å². The molecule has 0 aromatic heterocycles. The van der Waals surface area contributed by atoms with E-state index in [9.17, 15) is 29.7 Å². The maximum Gasteiger partial charge on any atom is 0.255 e. The zero-order valence-corrected chi connectivity index (χ0v) is 22.4. The zero-order chi connectivity index (χ0) is 28.2. The van der Waals surface area contributed by atoms with Crippen molar-refractivity contribution in [2.45, 2.75) is 34.8 Å². The molecule has 1 aliphatic heterocycles. The number of amides is 1. The van der Waals surface area contributed by atoms with Crippen molar-refractivity contribution in [2.24, 2.45) is 11.7 Å². The third-order valence-corrected chi connectivity index (χ3v) is 9.06. The fraction of sp³-hybridized carbons (Fsp3) is 0.321. The zero-order valence-electron chi connectivity index (χ0n) is 21.5. The van der Waals surface area contributed by atoms with E-state index in [1.54, 1.807) is 26.2 Å². The van der Waals surface area contributed by atoms with Gasteiger partial charge < -0.3 is 30.5 Å². The van der Waals surface area contributed by atoms with Crippen LogP contribution in [-0.4, -0.2) is 75.8 Å². The van der Waals surface area contributed by atoms with Crippen LogP contribution in [0.1, 0.15) is 22.3 Å². The van der Waals surface area contributed by atoms with Crippen LogP contribution in [0.4, 0.5) is 0 Å². The van der Waals surface area contributed by atoms with E-state index in [1.165, 1.54) is 12.0 Å². The number of benzene rings is 2. The van der Waals surface area contributed by atoms with Gasteiger partial charge in [0, 0.05) is 11.2 Å². The largest absolute Gasteiger partial charge is 0.510 e. The van der Waals surface area contributed by atoms with Crippen LogP contribution in [0.2, 0.25) is 0 Å². The average molecular weight is 554 g/mol. The normalized spacial score (nSPS) is 26.2. The first-order valence-electron chi connectivity index (χ1n) is 12.3. The van der Waals surface area contributed by atoms with Gasteiger partial charge in [-0.15, -0.1) is 0 Å². The Hall–Kier alpha value is -3.80. The summed E-state index contributed by atoms with van der Waals surface area (Å²) >= 11 is 0.580. The molecule has 4 unspecified atom stereocenters. The van der Waals surface area contributed by atoms with E-state index in [0.717, 1.165) is 5.56 Å². The van der Waals surface area contributed by atoms with Crippen molar-refractivity contribution in [2.75, 3.05) is 21.2 Å². The highest BCUT2D eigenvalue weighted by atomic mass is 32.2. The van der Waals surface area contributed by atoms with Crippen LogP contribution in [0, 0.1) is 5.92 Å². The molecule has 0 bridgehead atoms. The van der Waals surface area contributed by atoms with E-state index in [0.29, 0.717) is 22.4 Å². The molecule has 11 heteroatoms. The highest BCUT2D eigenvalue weighted by Crippen LogP contribution is 2.56. The van der Waals surface area contributed by atoms with E-state index >= 15 is 0 Å². The topological polar surface area (TPSA) is 160 Å². The number of thiol groups is 1. The van der Waals surface area contributed by atoms with Crippen molar-refractivity contribution in [1.29, 1.82) is 0 Å². The number of carbonyl (C=O) groups is 3. The number of carbonyl (C=O) groups excluding carboxylic acids is 3. The number of primary amides is 1. The molecule has 205 valence electrons. The molecule has 0 saturated carbocycles. The second kappa shape index (κ2) is 9.74. The molecule has 1 amide bonds. The second-order valence-corrected chi connectivity index (χ2v) is 11.3. The number of Topliss-reactive ketones (excluding diaryl/α,β-unsaturated/α-hetero) is 2. The Balaban J connectivity index is 1.65. The second-order valence-electron chi connectivity index (χ2n) is 9.97. The minimum Gasteiger partial charge on any atom is -0.510 e. The molecule has 39 heavy (non-hydrogen) atoms. The molecule has 5 N–H and O–H groups in total. The number of rotatable bonds is 6. The predicted molar refractivity (Wildman–Crippen MR) is 143 cm³/mol. The van der Waals surface area contributed by atoms with Crippen LogP contribution >= 0.6 is 11.8 Å². The Morgan fingerprint density at radius 3 is 2.41 bits per heavy atom. The van der Waals surface area contributed by atoms with E-state index in [1.807, 2.05) is 30.3 Å². The summed E-state index contributed by atoms with van der Waals surface area (Å²) in [5.74, 6) is -4.86. The Labute approximate surface area is 228 Å². The number of hydrogen-bond acceptors (Lipinski definition) is 9. The number of methoxy groups -OCH3 is 1. The monoisotopic (exact) mass is 553 g/mol. The number of ketones is 2. The van der Waals surface area contributed by atoms with E-state index in [2.05, 4.69) is 0 Å². The maximum atomic E-state index is 14.0. The Morgan fingerprint density at radius 1 is 1.13 bits per heavy atom. The molecule has 3 aliphatic rings. The summed E-state index contributed by atoms with van der Waals surface area (Å²) in [7, 11) is 4.69. The minimum absolute atomic E-state index is 0.0472. The molecule has 2 aromatic rings. The number of fused-ring (bicyclic) bond motifs is 3. The van der Waals surface area contributed by atoms with Crippen LogP contribution in [-0.2, 0) is 16.2 Å². The average Bonchev–Trinajstić information content (AvgIpc) is 2.89. The van der Waals surface area contributed by atoms with Gasteiger partial charge in [0.15, 0.2) is 11.4 Å². The molecule has 2 aliphatic carbocycles. The quantitative estimate of drug-likeness (QED) is 0.266. The van der Waals surface area contributed by atoms with Gasteiger partial charge in [-0.05, 0) is 38.2 Å². The lowest BCUT2D eigenvalue weighted by atomic mass is 9.63. The molecule has 5 rings (SSSR count). The van der Waals surface area contributed by atoms with Crippen molar-refractivity contribution in [3.63, 3.8) is 0 Å². The van der Waals surface area contributed by atoms with E-state index in [-0.39, 0.29) is 29.9 Å². The van der Waals surface area contributed by atoms with Gasteiger partial charge in [-0.25, -0.2) is 0 Å². The molecule has 0 spiro atoms. The van der Waals surface area contributed by atoms with Crippen LogP contribution in [0.3, 0.4) is 0 Å². The van der Waals surface area contributed by atoms with Gasteiger partial charge in [0.2, 0.25) is 5.78 Å². The number of nitrogens with two attached hydrogens (primary N) is 1. The number of likely N-dealkylation sites (N-methyl/N-ethyl adjacent to an activating group) is 1. The van der Waals surface area contributed by atoms with Gasteiger partial charge in [0.1, 0.15) is 35.2 Å². The smallest absolute Gasteiger partial charge is 0.255 e. The van der Waals surface area contributed by atoms with Gasteiger partial charge in [-0.1, -0.05) is 30.3 Å². The van der Waals surface area contributed by atoms with E-state index < -0.39 is 57.4 Å². The lowest BCUT2D eigenvalue weighted by Crippen LogP contribution is -2.64. The van der Waals surface area contributed by atoms with Crippen molar-refractivity contribution < 1.29 is 39.2 Å². The molecular weight excluding hydrogens is 524 g/mol. The Morgan fingerprint density at radius 2 is 1.79 bits per heavy atom. The van der Waals surface area contributed by atoms with Crippen LogP contribution in [0.25, 0.3) is 0 Å². The Bertz CT molecular complexity index is 1450. The molecule has 0 fully saturated rings. The highest BCUT2D eigenvalue weighted by molar-refractivity contribution is 8.00. The third kappa shape index (κ3) is 4.00. The number of aliphatic hydroxyl groups excluding tert-OH is 2. The number of aliphatic hydroxyl groups is 3. The first-order chi connectivity index (χ1) is 18.5. The van der Waals surface area contributed by atoms with Crippen molar-refractivity contribution in [3.05, 3.63) is 76.3 Å².